The molecular weight excluding hydrogens is 282 g/mol. The van der Waals surface area contributed by atoms with Crippen LogP contribution in [0.2, 0.25) is 0 Å². The number of rotatable bonds is 7. The largest absolute Gasteiger partial charge is 0.463 e. The van der Waals surface area contributed by atoms with Crippen molar-refractivity contribution in [1.82, 2.24) is 0 Å². The van der Waals surface area contributed by atoms with E-state index in [0.717, 1.165) is 11.3 Å². The number of esters is 2. The lowest BCUT2D eigenvalue weighted by Crippen LogP contribution is -2.34. The van der Waals surface area contributed by atoms with Crippen molar-refractivity contribution < 1.29 is 19.1 Å². The van der Waals surface area contributed by atoms with E-state index < -0.39 is 24.1 Å². The Hall–Kier alpha value is -2.04. The highest BCUT2D eigenvalue weighted by atomic mass is 16.6. The van der Waals surface area contributed by atoms with Crippen LogP contribution in [0.5, 0.6) is 0 Å². The summed E-state index contributed by atoms with van der Waals surface area (Å²) in [5, 5.41) is 3.14. The highest BCUT2D eigenvalue weighted by molar-refractivity contribution is 5.83. The molecule has 0 aliphatic rings. The minimum absolute atomic E-state index is 0.260. The normalized spacial score (nSPS) is 13.4. The van der Waals surface area contributed by atoms with Crippen molar-refractivity contribution >= 4 is 17.6 Å². The first-order chi connectivity index (χ1) is 10.4. The van der Waals surface area contributed by atoms with E-state index in [1.807, 2.05) is 24.3 Å². The fourth-order valence-electron chi connectivity index (χ4n) is 2.01. The molecule has 2 atom stereocenters. The first kappa shape index (κ1) is 18.0. The minimum Gasteiger partial charge on any atom is -0.463 e. The second-order valence-corrected chi connectivity index (χ2v) is 5.44. The van der Waals surface area contributed by atoms with E-state index in [2.05, 4.69) is 19.2 Å². The van der Waals surface area contributed by atoms with Crippen LogP contribution >= 0.6 is 0 Å². The van der Waals surface area contributed by atoms with Gasteiger partial charge in [0, 0.05) is 5.69 Å². The maximum atomic E-state index is 12.1. The van der Waals surface area contributed by atoms with Crippen molar-refractivity contribution in [2.75, 3.05) is 11.9 Å². The van der Waals surface area contributed by atoms with Crippen LogP contribution in [0.3, 0.4) is 0 Å². The van der Waals surface area contributed by atoms with Gasteiger partial charge in [0.2, 0.25) is 0 Å². The quantitative estimate of drug-likeness (QED) is 0.784. The van der Waals surface area contributed by atoms with Crippen molar-refractivity contribution in [3.8, 4) is 0 Å². The fraction of sp³-hybridized carbons (Fsp3) is 0.529. The van der Waals surface area contributed by atoms with Crippen LogP contribution in [-0.2, 0) is 19.1 Å². The van der Waals surface area contributed by atoms with E-state index in [9.17, 15) is 9.59 Å². The van der Waals surface area contributed by atoms with Crippen LogP contribution < -0.4 is 5.32 Å². The zero-order chi connectivity index (χ0) is 16.7. The van der Waals surface area contributed by atoms with Gasteiger partial charge in [-0.25, -0.2) is 9.59 Å². The van der Waals surface area contributed by atoms with Crippen molar-refractivity contribution in [1.29, 1.82) is 0 Å². The summed E-state index contributed by atoms with van der Waals surface area (Å²) in [6.45, 7) is 9.36. The third kappa shape index (κ3) is 5.06. The number of ether oxygens (including phenoxy) is 2. The van der Waals surface area contributed by atoms with Crippen LogP contribution in [0.15, 0.2) is 24.3 Å². The minimum atomic E-state index is -0.906. The van der Waals surface area contributed by atoms with Gasteiger partial charge in [-0.15, -0.1) is 0 Å². The van der Waals surface area contributed by atoms with Gasteiger partial charge in [-0.1, -0.05) is 32.0 Å². The predicted octanol–water partition coefficient (Wildman–Crippen LogP) is 3.11. The van der Waals surface area contributed by atoms with Gasteiger partial charge in [-0.2, -0.15) is 0 Å². The Morgan fingerprint density at radius 2 is 1.73 bits per heavy atom. The predicted molar refractivity (Wildman–Crippen MR) is 85.8 cm³/mol. The summed E-state index contributed by atoms with van der Waals surface area (Å²) in [6.07, 6.45) is -0.906. The zero-order valence-electron chi connectivity index (χ0n) is 13.9. The van der Waals surface area contributed by atoms with Gasteiger partial charge in [0.1, 0.15) is 6.04 Å². The number of carbonyl (C=O) groups is 2. The molecule has 0 saturated carbocycles. The smallest absolute Gasteiger partial charge is 0.347 e. The average Bonchev–Trinajstić information content (AvgIpc) is 2.47. The second-order valence-electron chi connectivity index (χ2n) is 5.44. The molecule has 0 fully saturated rings. The highest BCUT2D eigenvalue weighted by Crippen LogP contribution is 2.24. The third-order valence-corrected chi connectivity index (χ3v) is 3.22. The summed E-state index contributed by atoms with van der Waals surface area (Å²) in [5.41, 5.74) is 2.02. The van der Waals surface area contributed by atoms with Gasteiger partial charge in [0.25, 0.3) is 0 Å². The maximum Gasteiger partial charge on any atom is 0.347 e. The molecular formula is C17H25NO4. The van der Waals surface area contributed by atoms with Gasteiger partial charge in [-0.05, 0) is 38.3 Å². The molecule has 122 valence electrons. The molecule has 1 N–H and O–H groups in total. The Labute approximate surface area is 132 Å². The van der Waals surface area contributed by atoms with Crippen molar-refractivity contribution in [2.45, 2.75) is 52.7 Å². The first-order valence-electron chi connectivity index (χ1n) is 7.59. The molecule has 22 heavy (non-hydrogen) atoms. The molecule has 0 aliphatic carbocycles. The lowest BCUT2D eigenvalue weighted by Gasteiger charge is -2.20. The number of benzene rings is 1. The molecule has 0 spiro atoms. The topological polar surface area (TPSA) is 64.6 Å². The lowest BCUT2D eigenvalue weighted by molar-refractivity contribution is -0.166. The van der Waals surface area contributed by atoms with Crippen LogP contribution in [0.25, 0.3) is 0 Å². The highest BCUT2D eigenvalue weighted by Gasteiger charge is 2.23. The molecule has 0 heterocycles. The summed E-state index contributed by atoms with van der Waals surface area (Å²) >= 11 is 0. The van der Waals surface area contributed by atoms with Crippen molar-refractivity contribution in [2.24, 2.45) is 0 Å². The van der Waals surface area contributed by atoms with Gasteiger partial charge in [0.05, 0.1) is 6.61 Å². The maximum absolute atomic E-state index is 12.1. The molecule has 1 aromatic carbocycles. The second kappa shape index (κ2) is 8.41. The van der Waals surface area contributed by atoms with Gasteiger partial charge in [-0.3, -0.25) is 0 Å². The van der Waals surface area contributed by atoms with Crippen molar-refractivity contribution in [3.05, 3.63) is 29.8 Å². The SMILES string of the molecule is CCOC(=O)C(C)OC(=O)[C@H](C)Nc1ccccc1C(C)C. The van der Waals surface area contributed by atoms with E-state index in [0.29, 0.717) is 5.92 Å². The van der Waals surface area contributed by atoms with E-state index >= 15 is 0 Å². The zero-order valence-corrected chi connectivity index (χ0v) is 13.9. The van der Waals surface area contributed by atoms with E-state index in [-0.39, 0.29) is 6.61 Å². The van der Waals surface area contributed by atoms with E-state index in [1.54, 1.807) is 13.8 Å². The molecule has 5 heteroatoms. The van der Waals surface area contributed by atoms with Crippen LogP contribution in [0.4, 0.5) is 5.69 Å². The summed E-state index contributed by atoms with van der Waals surface area (Å²) in [7, 11) is 0. The molecule has 1 unspecified atom stereocenters. The molecule has 1 aromatic rings. The Balaban J connectivity index is 2.67. The number of nitrogens with one attached hydrogen (secondary N) is 1. The van der Waals surface area contributed by atoms with E-state index in [1.165, 1.54) is 6.92 Å². The number of para-hydroxylation sites is 1. The number of anilines is 1. The van der Waals surface area contributed by atoms with Crippen LogP contribution in [0, 0.1) is 0 Å². The molecule has 5 nitrogen and oxygen atoms in total. The van der Waals surface area contributed by atoms with Gasteiger partial charge in [0.15, 0.2) is 6.10 Å². The summed E-state index contributed by atoms with van der Waals surface area (Å²) in [4.78, 5) is 23.5. The molecule has 0 aliphatic heterocycles. The number of carbonyl (C=O) groups excluding carboxylic acids is 2. The van der Waals surface area contributed by atoms with Gasteiger partial charge >= 0.3 is 11.9 Å². The first-order valence-corrected chi connectivity index (χ1v) is 7.59. The third-order valence-electron chi connectivity index (χ3n) is 3.22. The average molecular weight is 307 g/mol. The molecule has 1 rings (SSSR count). The molecule has 0 amide bonds. The van der Waals surface area contributed by atoms with Gasteiger partial charge < -0.3 is 14.8 Å². The summed E-state index contributed by atoms with van der Waals surface area (Å²) in [5.74, 6) is -0.685. The van der Waals surface area contributed by atoms with Crippen LogP contribution in [-0.4, -0.2) is 30.7 Å². The monoisotopic (exact) mass is 307 g/mol. The Morgan fingerprint density at radius 3 is 2.32 bits per heavy atom. The summed E-state index contributed by atoms with van der Waals surface area (Å²) < 4.78 is 9.94. The standard InChI is InChI=1S/C17H25NO4/c1-6-21-17(20)13(5)22-16(19)12(4)18-15-10-8-7-9-14(15)11(2)3/h7-13,18H,6H2,1-5H3/t12-,13?/m0/s1. The molecule has 0 radical (unpaired) electrons. The number of hydrogen-bond donors (Lipinski definition) is 1. The Kier molecular flexibility index (Phi) is 6.89. The molecule has 0 bridgehead atoms. The van der Waals surface area contributed by atoms with Crippen LogP contribution in [0.1, 0.15) is 46.1 Å². The lowest BCUT2D eigenvalue weighted by atomic mass is 10.0. The molecule has 0 aromatic heterocycles. The number of hydrogen-bond acceptors (Lipinski definition) is 5. The Bertz CT molecular complexity index is 513. The van der Waals surface area contributed by atoms with Crippen molar-refractivity contribution in [3.63, 3.8) is 0 Å². The molecule has 0 saturated heterocycles. The summed E-state index contributed by atoms with van der Waals surface area (Å²) in [6, 6.07) is 7.26. The Morgan fingerprint density at radius 1 is 1.09 bits per heavy atom. The fourth-order valence-corrected chi connectivity index (χ4v) is 2.01. The van der Waals surface area contributed by atoms with E-state index in [4.69, 9.17) is 9.47 Å².